The molecule has 1 saturated heterocycles. The van der Waals surface area contributed by atoms with Crippen molar-refractivity contribution in [3.63, 3.8) is 0 Å². The molecule has 7 heteroatoms. The first-order valence-electron chi connectivity index (χ1n) is 9.48. The molecule has 4 atom stereocenters. The minimum atomic E-state index is -1.20. The molecular formula is C22H27NO6. The standard InChI is InChI=1S/C9H10O3.C8H11NO3.C5H6/c10-6-8(11)9(12)7-4-2-1-3-5-7;1-5(10)8(11)9-6-2-3-7(4-6)12-9;1-2-4-5-3-1/h1-5,9-10,12H,6H2;2-3,5-7,10H,4H2,1H3;1-4H,5H2/t9-;5-,6+,7-;/m11./s1. The summed E-state index contributed by atoms with van der Waals surface area (Å²) in [6.45, 7) is 0.817. The maximum absolute atomic E-state index is 11.3. The van der Waals surface area contributed by atoms with E-state index in [2.05, 4.69) is 24.3 Å². The third-order valence-corrected chi connectivity index (χ3v) is 4.38. The highest BCUT2D eigenvalue weighted by atomic mass is 16.7. The van der Waals surface area contributed by atoms with Crippen LogP contribution in [0.25, 0.3) is 0 Å². The molecule has 3 N–H and O–H groups in total. The van der Waals surface area contributed by atoms with E-state index in [1.807, 2.05) is 12.2 Å². The maximum atomic E-state index is 11.3. The van der Waals surface area contributed by atoms with Gasteiger partial charge in [-0.25, -0.2) is 5.06 Å². The van der Waals surface area contributed by atoms with Crippen LogP contribution in [0.4, 0.5) is 0 Å². The summed E-state index contributed by atoms with van der Waals surface area (Å²) in [5.41, 5.74) is 0.511. The van der Waals surface area contributed by atoms with Gasteiger partial charge in [0.2, 0.25) is 0 Å². The highest BCUT2D eigenvalue weighted by Gasteiger charge is 2.39. The first kappa shape index (κ1) is 22.7. The van der Waals surface area contributed by atoms with Crippen molar-refractivity contribution in [2.75, 3.05) is 6.61 Å². The van der Waals surface area contributed by atoms with Crippen molar-refractivity contribution in [3.05, 3.63) is 72.4 Å². The van der Waals surface area contributed by atoms with Crippen LogP contribution in [0, 0.1) is 0 Å². The molecule has 1 aliphatic heterocycles. The van der Waals surface area contributed by atoms with Crippen molar-refractivity contribution in [3.8, 4) is 0 Å². The van der Waals surface area contributed by atoms with Gasteiger partial charge < -0.3 is 15.3 Å². The highest BCUT2D eigenvalue weighted by Crippen LogP contribution is 2.29. The SMILES string of the molecule is C1=CCC=C1.C[C@@H](O)C(=O)N1O[C@@H]2C=C[C@H]1C2.O=C(CO)[C@H](O)c1ccccc1. The number of aliphatic hydroxyl groups is 3. The number of nitrogens with zero attached hydrogens (tertiary/aromatic N) is 1. The van der Waals surface area contributed by atoms with Gasteiger partial charge in [-0.2, -0.15) is 0 Å². The van der Waals surface area contributed by atoms with Gasteiger partial charge in [0.25, 0.3) is 5.91 Å². The van der Waals surface area contributed by atoms with E-state index in [9.17, 15) is 14.7 Å². The van der Waals surface area contributed by atoms with Gasteiger partial charge in [0, 0.05) is 6.42 Å². The summed E-state index contributed by atoms with van der Waals surface area (Å²) in [5, 5.41) is 28.0. The fourth-order valence-corrected chi connectivity index (χ4v) is 2.82. The topological polar surface area (TPSA) is 107 Å². The number of hydrogen-bond acceptors (Lipinski definition) is 6. The monoisotopic (exact) mass is 401 g/mol. The zero-order valence-corrected chi connectivity index (χ0v) is 16.3. The molecule has 1 heterocycles. The first-order chi connectivity index (χ1) is 13.9. The average molecular weight is 401 g/mol. The second-order valence-corrected chi connectivity index (χ2v) is 6.70. The molecule has 1 aromatic rings. The number of fused-ring (bicyclic) bond motifs is 2. The van der Waals surface area contributed by atoms with Crippen molar-refractivity contribution >= 4 is 11.7 Å². The Morgan fingerprint density at radius 1 is 1.14 bits per heavy atom. The largest absolute Gasteiger partial charge is 0.388 e. The molecule has 0 spiro atoms. The van der Waals surface area contributed by atoms with Crippen LogP contribution in [0.3, 0.4) is 0 Å². The van der Waals surface area contributed by atoms with Gasteiger partial charge in [-0.05, 0) is 18.9 Å². The van der Waals surface area contributed by atoms with Crippen LogP contribution in [-0.2, 0) is 14.4 Å². The quantitative estimate of drug-likeness (QED) is 0.662. The molecule has 2 bridgehead atoms. The number of rotatable bonds is 4. The third kappa shape index (κ3) is 6.76. The zero-order valence-electron chi connectivity index (χ0n) is 16.3. The van der Waals surface area contributed by atoms with Crippen LogP contribution in [-0.4, -0.2) is 56.9 Å². The minimum absolute atomic E-state index is 0.0390. The third-order valence-electron chi connectivity index (χ3n) is 4.38. The van der Waals surface area contributed by atoms with Crippen LogP contribution in [0.5, 0.6) is 0 Å². The van der Waals surface area contributed by atoms with Crippen LogP contribution >= 0.6 is 0 Å². The molecule has 156 valence electrons. The molecule has 7 nitrogen and oxygen atoms in total. The van der Waals surface area contributed by atoms with Gasteiger partial charge in [-0.15, -0.1) is 0 Å². The second kappa shape index (κ2) is 11.4. The number of allylic oxidation sites excluding steroid dienone is 4. The van der Waals surface area contributed by atoms with Gasteiger partial charge >= 0.3 is 0 Å². The lowest BCUT2D eigenvalue weighted by molar-refractivity contribution is -0.190. The van der Waals surface area contributed by atoms with Crippen LogP contribution in [0.1, 0.15) is 31.4 Å². The summed E-state index contributed by atoms with van der Waals surface area (Å²) in [6, 6.07) is 8.56. The average Bonchev–Trinajstić information content (AvgIpc) is 3.53. The summed E-state index contributed by atoms with van der Waals surface area (Å²) in [5.74, 6) is -0.937. The number of aliphatic hydroxyl groups excluding tert-OH is 3. The number of amides is 1. The summed E-state index contributed by atoms with van der Waals surface area (Å²) < 4.78 is 0. The Kier molecular flexibility index (Phi) is 8.95. The summed E-state index contributed by atoms with van der Waals surface area (Å²) in [6.07, 6.45) is 12.1. The Bertz CT molecular complexity index is 746. The molecule has 4 rings (SSSR count). The zero-order chi connectivity index (χ0) is 21.2. The molecular weight excluding hydrogens is 374 g/mol. The van der Waals surface area contributed by atoms with Crippen LogP contribution in [0.2, 0.25) is 0 Å². The Morgan fingerprint density at radius 3 is 2.21 bits per heavy atom. The van der Waals surface area contributed by atoms with E-state index in [1.54, 1.807) is 30.3 Å². The molecule has 1 aromatic carbocycles. The van der Waals surface area contributed by atoms with Gasteiger partial charge in [-0.1, -0.05) is 66.8 Å². The number of carbonyl (C=O) groups excluding carboxylic acids is 2. The van der Waals surface area contributed by atoms with E-state index in [1.165, 1.54) is 12.0 Å². The number of hydrogen-bond donors (Lipinski definition) is 3. The minimum Gasteiger partial charge on any atom is -0.388 e. The predicted octanol–water partition coefficient (Wildman–Crippen LogP) is 1.62. The first-order valence-corrected chi connectivity index (χ1v) is 9.48. The maximum Gasteiger partial charge on any atom is 0.275 e. The smallest absolute Gasteiger partial charge is 0.275 e. The Labute approximate surface area is 170 Å². The number of hydroxylamine groups is 2. The normalized spacial score (nSPS) is 22.4. The number of benzene rings is 1. The number of Topliss-reactive ketones (excluding diaryl/α,β-unsaturated/α-hetero) is 1. The summed E-state index contributed by atoms with van der Waals surface area (Å²) in [7, 11) is 0. The Balaban J connectivity index is 0.000000168. The molecule has 2 aliphatic carbocycles. The van der Waals surface area contributed by atoms with Gasteiger partial charge in [0.15, 0.2) is 5.78 Å². The Hall–Kier alpha value is -2.58. The molecule has 0 aromatic heterocycles. The van der Waals surface area contributed by atoms with Crippen molar-refractivity contribution in [1.29, 1.82) is 0 Å². The molecule has 1 amide bonds. The summed E-state index contributed by atoms with van der Waals surface area (Å²) in [4.78, 5) is 27.3. The fourth-order valence-electron chi connectivity index (χ4n) is 2.82. The molecule has 1 fully saturated rings. The van der Waals surface area contributed by atoms with Crippen molar-refractivity contribution < 1.29 is 29.7 Å². The number of ketones is 1. The molecule has 0 saturated carbocycles. The van der Waals surface area contributed by atoms with E-state index < -0.39 is 24.6 Å². The van der Waals surface area contributed by atoms with Crippen molar-refractivity contribution in [2.45, 2.75) is 44.1 Å². The van der Waals surface area contributed by atoms with E-state index in [0.717, 1.165) is 12.8 Å². The molecule has 29 heavy (non-hydrogen) atoms. The van der Waals surface area contributed by atoms with Crippen molar-refractivity contribution in [2.24, 2.45) is 0 Å². The van der Waals surface area contributed by atoms with E-state index in [0.29, 0.717) is 5.56 Å². The highest BCUT2D eigenvalue weighted by molar-refractivity contribution is 5.84. The Morgan fingerprint density at radius 2 is 1.79 bits per heavy atom. The molecule has 0 unspecified atom stereocenters. The van der Waals surface area contributed by atoms with E-state index in [-0.39, 0.29) is 18.1 Å². The second-order valence-electron chi connectivity index (χ2n) is 6.70. The lowest BCUT2D eigenvalue weighted by atomic mass is 10.1. The summed E-state index contributed by atoms with van der Waals surface area (Å²) >= 11 is 0. The van der Waals surface area contributed by atoms with Crippen LogP contribution < -0.4 is 0 Å². The van der Waals surface area contributed by atoms with Crippen LogP contribution in [0.15, 0.2) is 66.8 Å². The molecule has 0 radical (unpaired) electrons. The lowest BCUT2D eigenvalue weighted by Crippen LogP contribution is -2.40. The lowest BCUT2D eigenvalue weighted by Gasteiger charge is -2.23. The fraction of sp³-hybridized carbons (Fsp3) is 0.364. The predicted molar refractivity (Wildman–Crippen MR) is 107 cm³/mol. The van der Waals surface area contributed by atoms with Crippen molar-refractivity contribution in [1.82, 2.24) is 5.06 Å². The molecule has 3 aliphatic rings. The van der Waals surface area contributed by atoms with Gasteiger partial charge in [0.05, 0.1) is 6.04 Å². The van der Waals surface area contributed by atoms with Gasteiger partial charge in [-0.3, -0.25) is 14.4 Å². The van der Waals surface area contributed by atoms with E-state index >= 15 is 0 Å². The number of carbonyl (C=O) groups is 2. The van der Waals surface area contributed by atoms with Gasteiger partial charge in [0.1, 0.15) is 24.9 Å². The van der Waals surface area contributed by atoms with E-state index in [4.69, 9.17) is 15.1 Å².